The van der Waals surface area contributed by atoms with Gasteiger partial charge >= 0.3 is 5.97 Å². The van der Waals surface area contributed by atoms with Gasteiger partial charge in [0.1, 0.15) is 10.8 Å². The molecule has 33 heavy (non-hydrogen) atoms. The number of ether oxygens (including phenoxy) is 1. The zero-order chi connectivity index (χ0) is 23.5. The molecule has 172 valence electrons. The van der Waals surface area contributed by atoms with E-state index in [9.17, 15) is 18.8 Å². The lowest BCUT2D eigenvalue weighted by atomic mass is 9.95. The predicted octanol–water partition coefficient (Wildman–Crippen LogP) is 3.57. The van der Waals surface area contributed by atoms with E-state index in [1.165, 1.54) is 58.1 Å². The van der Waals surface area contributed by atoms with Gasteiger partial charge in [-0.25, -0.2) is 14.2 Å². The van der Waals surface area contributed by atoms with E-state index >= 15 is 0 Å². The summed E-state index contributed by atoms with van der Waals surface area (Å²) in [4.78, 5) is 42.4. The Hall–Kier alpha value is -3.18. The van der Waals surface area contributed by atoms with Crippen LogP contribution in [-0.4, -0.2) is 40.2 Å². The second-order valence-corrected chi connectivity index (χ2v) is 9.22. The monoisotopic (exact) mass is 488 g/mol. The van der Waals surface area contributed by atoms with Crippen LogP contribution in [-0.2, 0) is 22.4 Å². The summed E-state index contributed by atoms with van der Waals surface area (Å²) in [6.45, 7) is -0.553. The number of nitrogens with one attached hydrogen (secondary N) is 1. The molecule has 2 aromatic heterocycles. The smallest absolute Gasteiger partial charge is 0.357 e. The van der Waals surface area contributed by atoms with Crippen LogP contribution in [0.4, 0.5) is 9.39 Å². The van der Waals surface area contributed by atoms with Crippen molar-refractivity contribution < 1.29 is 23.5 Å². The maximum atomic E-state index is 13.3. The number of carbonyl (C=O) groups excluding carboxylic acids is 3. The maximum Gasteiger partial charge on any atom is 0.357 e. The second kappa shape index (κ2) is 9.75. The van der Waals surface area contributed by atoms with Gasteiger partial charge < -0.3 is 15.8 Å². The minimum atomic E-state index is -0.761. The summed E-state index contributed by atoms with van der Waals surface area (Å²) in [7, 11) is 0. The van der Waals surface area contributed by atoms with Gasteiger partial charge in [0.05, 0.1) is 11.8 Å². The van der Waals surface area contributed by atoms with Gasteiger partial charge in [-0.2, -0.15) is 0 Å². The molecule has 4 rings (SSSR count). The number of hydrogen-bond donors (Lipinski definition) is 2. The van der Waals surface area contributed by atoms with E-state index in [2.05, 4.69) is 10.3 Å². The van der Waals surface area contributed by atoms with E-state index in [0.717, 1.165) is 36.1 Å². The number of nitrogens with zero attached hydrogens (tertiary/aromatic N) is 2. The molecule has 1 aliphatic rings. The second-order valence-electron chi connectivity index (χ2n) is 7.35. The molecule has 0 fully saturated rings. The average Bonchev–Trinajstić information content (AvgIpc) is 3.39. The predicted molar refractivity (Wildman–Crippen MR) is 124 cm³/mol. The molecule has 0 atom stereocenters. The lowest BCUT2D eigenvalue weighted by molar-refractivity contribution is -0.119. The number of halogens is 1. The number of imidazole rings is 1. The number of thiophene rings is 1. The number of hydrogen-bond acceptors (Lipinski definition) is 7. The quantitative estimate of drug-likeness (QED) is 0.388. The topological polar surface area (TPSA) is 116 Å². The number of rotatable bonds is 7. The number of aromatic nitrogens is 2. The number of primary amides is 1. The molecule has 1 aliphatic carbocycles. The molecule has 0 saturated heterocycles. The van der Waals surface area contributed by atoms with Crippen molar-refractivity contribution in [2.75, 3.05) is 18.2 Å². The highest BCUT2D eigenvalue weighted by atomic mass is 32.2. The third kappa shape index (κ3) is 4.79. The van der Waals surface area contributed by atoms with E-state index in [0.29, 0.717) is 21.4 Å². The molecule has 0 bridgehead atoms. The van der Waals surface area contributed by atoms with Gasteiger partial charge in [-0.1, -0.05) is 11.8 Å². The minimum absolute atomic E-state index is 0.100. The average molecular weight is 489 g/mol. The Kier molecular flexibility index (Phi) is 6.80. The number of amides is 2. The highest BCUT2D eigenvalue weighted by Crippen LogP contribution is 2.37. The van der Waals surface area contributed by atoms with Crippen LogP contribution in [0.2, 0.25) is 0 Å². The molecular weight excluding hydrogens is 467 g/mol. The van der Waals surface area contributed by atoms with Gasteiger partial charge in [0, 0.05) is 10.6 Å². The fourth-order valence-corrected chi connectivity index (χ4v) is 5.60. The van der Waals surface area contributed by atoms with Crippen molar-refractivity contribution >= 4 is 45.9 Å². The van der Waals surface area contributed by atoms with Crippen LogP contribution < -0.4 is 11.1 Å². The number of aryl methyl sites for hydroxylation is 1. The van der Waals surface area contributed by atoms with E-state index < -0.39 is 30.2 Å². The highest BCUT2D eigenvalue weighted by molar-refractivity contribution is 7.98. The fraction of sp³-hybridized carbons (Fsp3) is 0.273. The standard InChI is InChI=1S/C22H21FN4O4S2/c1-32-22-25-10-15(27(22)13-8-6-12(23)7-9-13)21(30)31-11-17(28)26-20-18(19(24)29)14-4-2-3-5-16(14)33-20/h6-10H,2-5,11H2,1H3,(H2,24,29)(H,26,28). The first-order valence-corrected chi connectivity index (χ1v) is 12.2. The van der Waals surface area contributed by atoms with Crippen LogP contribution in [0.3, 0.4) is 0 Å². The Morgan fingerprint density at radius 2 is 1.97 bits per heavy atom. The summed E-state index contributed by atoms with van der Waals surface area (Å²) in [6, 6.07) is 5.59. The molecule has 0 spiro atoms. The molecule has 0 aliphatic heterocycles. The molecule has 1 aromatic carbocycles. The first kappa shape index (κ1) is 23.0. The van der Waals surface area contributed by atoms with Crippen molar-refractivity contribution in [3.63, 3.8) is 0 Å². The largest absolute Gasteiger partial charge is 0.451 e. The Labute approximate surface area is 197 Å². The lowest BCUT2D eigenvalue weighted by Gasteiger charge is -2.11. The number of fused-ring (bicyclic) bond motifs is 1. The number of anilines is 1. The number of nitrogens with two attached hydrogens (primary N) is 1. The zero-order valence-electron chi connectivity index (χ0n) is 17.7. The van der Waals surface area contributed by atoms with Gasteiger partial charge in [0.25, 0.3) is 11.8 Å². The third-order valence-corrected chi connectivity index (χ3v) is 7.07. The Morgan fingerprint density at radius 3 is 2.67 bits per heavy atom. The molecule has 11 heteroatoms. The van der Waals surface area contributed by atoms with E-state index in [1.54, 1.807) is 6.26 Å². The number of carbonyl (C=O) groups is 3. The van der Waals surface area contributed by atoms with Crippen molar-refractivity contribution in [3.8, 4) is 5.69 Å². The minimum Gasteiger partial charge on any atom is -0.451 e. The van der Waals surface area contributed by atoms with Crippen LogP contribution >= 0.6 is 23.1 Å². The van der Waals surface area contributed by atoms with Gasteiger partial charge in [0.15, 0.2) is 17.5 Å². The van der Waals surface area contributed by atoms with Crippen LogP contribution in [0.5, 0.6) is 0 Å². The summed E-state index contributed by atoms with van der Waals surface area (Å²) in [5, 5.41) is 3.55. The van der Waals surface area contributed by atoms with Crippen molar-refractivity contribution in [2.24, 2.45) is 5.73 Å². The van der Waals surface area contributed by atoms with Crippen molar-refractivity contribution in [2.45, 2.75) is 30.8 Å². The Balaban J connectivity index is 1.48. The lowest BCUT2D eigenvalue weighted by Crippen LogP contribution is -2.23. The molecule has 2 heterocycles. The van der Waals surface area contributed by atoms with Gasteiger partial charge in [-0.15, -0.1) is 11.3 Å². The van der Waals surface area contributed by atoms with Crippen LogP contribution in [0.15, 0.2) is 35.6 Å². The number of benzene rings is 1. The van der Waals surface area contributed by atoms with Crippen LogP contribution in [0.25, 0.3) is 5.69 Å². The van der Waals surface area contributed by atoms with Gasteiger partial charge in [0.2, 0.25) is 0 Å². The summed E-state index contributed by atoms with van der Waals surface area (Å²) < 4.78 is 20.0. The Bertz CT molecular complexity index is 1220. The third-order valence-electron chi connectivity index (χ3n) is 5.21. The molecular formula is C22H21FN4O4S2. The fourth-order valence-electron chi connectivity index (χ4n) is 3.74. The Morgan fingerprint density at radius 1 is 1.24 bits per heavy atom. The summed E-state index contributed by atoms with van der Waals surface area (Å²) in [6.07, 6.45) is 6.72. The number of esters is 1. The molecule has 3 N–H and O–H groups in total. The molecule has 8 nitrogen and oxygen atoms in total. The molecule has 0 radical (unpaired) electrons. The summed E-state index contributed by atoms with van der Waals surface area (Å²) in [5.74, 6) is -2.34. The summed E-state index contributed by atoms with van der Waals surface area (Å²) >= 11 is 2.64. The van der Waals surface area contributed by atoms with Crippen molar-refractivity contribution in [1.82, 2.24) is 9.55 Å². The molecule has 0 unspecified atom stereocenters. The van der Waals surface area contributed by atoms with Gasteiger partial charge in [-0.3, -0.25) is 14.2 Å². The SMILES string of the molecule is CSc1ncc(C(=O)OCC(=O)Nc2sc3c(c2C(N)=O)CCCC3)n1-c1ccc(F)cc1. The zero-order valence-corrected chi connectivity index (χ0v) is 19.4. The molecule has 2 amide bonds. The highest BCUT2D eigenvalue weighted by Gasteiger charge is 2.26. The normalized spacial score (nSPS) is 12.8. The first-order valence-electron chi connectivity index (χ1n) is 10.2. The van der Waals surface area contributed by atoms with Crippen molar-refractivity contribution in [1.29, 1.82) is 0 Å². The van der Waals surface area contributed by atoms with Gasteiger partial charge in [-0.05, 0) is 61.8 Å². The first-order chi connectivity index (χ1) is 15.9. The van der Waals surface area contributed by atoms with E-state index in [4.69, 9.17) is 10.5 Å². The number of thioether (sulfide) groups is 1. The van der Waals surface area contributed by atoms with E-state index in [1.807, 2.05) is 0 Å². The van der Waals surface area contributed by atoms with Crippen LogP contribution in [0, 0.1) is 5.82 Å². The van der Waals surface area contributed by atoms with E-state index in [-0.39, 0.29) is 5.69 Å². The summed E-state index contributed by atoms with van der Waals surface area (Å²) in [5.41, 5.74) is 7.42. The van der Waals surface area contributed by atoms with Crippen molar-refractivity contribution in [3.05, 3.63) is 58.0 Å². The maximum absolute atomic E-state index is 13.3. The van der Waals surface area contributed by atoms with Crippen LogP contribution in [0.1, 0.15) is 44.1 Å². The molecule has 0 saturated carbocycles. The molecule has 3 aromatic rings.